The van der Waals surface area contributed by atoms with Gasteiger partial charge < -0.3 is 15.3 Å². The first-order valence-electron chi connectivity index (χ1n) is 9.27. The van der Waals surface area contributed by atoms with Gasteiger partial charge in [0.05, 0.1) is 6.61 Å². The van der Waals surface area contributed by atoms with Gasteiger partial charge in [-0.25, -0.2) is 9.07 Å². The Morgan fingerprint density at radius 3 is 2.45 bits per heavy atom. The normalized spacial score (nSPS) is 11.4. The fourth-order valence-electron chi connectivity index (χ4n) is 2.55. The number of ether oxygens (including phenoxy) is 2. The average Bonchev–Trinajstić information content (AvgIpc) is 3.04. The third kappa shape index (κ3) is 5.63. The number of aromatic nitrogens is 3. The first-order chi connectivity index (χ1) is 13.8. The zero-order chi connectivity index (χ0) is 20.9. The zero-order valence-corrected chi connectivity index (χ0v) is 17.6. The highest BCUT2D eigenvalue weighted by atomic mass is 32.2. The molecule has 8 heteroatoms. The summed E-state index contributed by atoms with van der Waals surface area (Å²) >= 11 is 1.38. The lowest BCUT2D eigenvalue weighted by Gasteiger charge is -2.19. The molecule has 2 N–H and O–H groups in total. The van der Waals surface area contributed by atoms with Crippen molar-refractivity contribution in [3.63, 3.8) is 0 Å². The molecule has 29 heavy (non-hydrogen) atoms. The standard InChI is InChI=1S/C21H25FN4O2S/c1-21(2,3)15-8-10-16(11-9-15)28-14-19-24-25-20(26(19)23)29-13-12-27-18-7-5-4-6-17(18)22/h4-11H,12-14,23H2,1-3H3. The summed E-state index contributed by atoms with van der Waals surface area (Å²) in [6.07, 6.45) is 0. The van der Waals surface area contributed by atoms with Gasteiger partial charge in [0.2, 0.25) is 5.16 Å². The first-order valence-corrected chi connectivity index (χ1v) is 10.3. The van der Waals surface area contributed by atoms with Crippen LogP contribution in [0.1, 0.15) is 32.2 Å². The number of hydrogen-bond acceptors (Lipinski definition) is 6. The molecule has 0 aliphatic carbocycles. The number of nitrogen functional groups attached to an aromatic ring is 1. The summed E-state index contributed by atoms with van der Waals surface area (Å²) in [5.41, 5.74) is 1.33. The Morgan fingerprint density at radius 1 is 1.03 bits per heavy atom. The third-order valence-electron chi connectivity index (χ3n) is 4.23. The molecule has 0 unspecified atom stereocenters. The highest BCUT2D eigenvalue weighted by Gasteiger charge is 2.14. The molecule has 0 aliphatic heterocycles. The van der Waals surface area contributed by atoms with E-state index in [9.17, 15) is 4.39 Å². The highest BCUT2D eigenvalue weighted by Crippen LogP contribution is 2.25. The van der Waals surface area contributed by atoms with E-state index in [4.69, 9.17) is 15.3 Å². The van der Waals surface area contributed by atoms with Crippen molar-refractivity contribution in [3.8, 4) is 11.5 Å². The highest BCUT2D eigenvalue weighted by molar-refractivity contribution is 7.99. The molecule has 3 rings (SSSR count). The van der Waals surface area contributed by atoms with Gasteiger partial charge in [-0.05, 0) is 35.2 Å². The summed E-state index contributed by atoms with van der Waals surface area (Å²) in [4.78, 5) is 0. The molecule has 0 radical (unpaired) electrons. The molecule has 2 aromatic carbocycles. The predicted octanol–water partition coefficient (Wildman–Crippen LogP) is 4.18. The van der Waals surface area contributed by atoms with Gasteiger partial charge in [0.15, 0.2) is 17.4 Å². The lowest BCUT2D eigenvalue weighted by Crippen LogP contribution is -2.16. The van der Waals surface area contributed by atoms with E-state index in [0.29, 0.717) is 23.3 Å². The Labute approximate surface area is 174 Å². The van der Waals surface area contributed by atoms with Crippen LogP contribution in [0.3, 0.4) is 0 Å². The van der Waals surface area contributed by atoms with Crippen LogP contribution in [0.2, 0.25) is 0 Å². The van der Waals surface area contributed by atoms with Crippen LogP contribution >= 0.6 is 11.8 Å². The summed E-state index contributed by atoms with van der Waals surface area (Å²) < 4.78 is 26.1. The minimum absolute atomic E-state index is 0.0953. The molecule has 0 fully saturated rings. The number of nitrogens with zero attached hydrogens (tertiary/aromatic N) is 3. The van der Waals surface area contributed by atoms with E-state index in [-0.39, 0.29) is 23.6 Å². The van der Waals surface area contributed by atoms with Crippen LogP contribution in [0, 0.1) is 5.82 Å². The smallest absolute Gasteiger partial charge is 0.210 e. The molecule has 0 saturated carbocycles. The summed E-state index contributed by atoms with van der Waals surface area (Å²) in [5, 5.41) is 8.70. The predicted molar refractivity (Wildman–Crippen MR) is 112 cm³/mol. The zero-order valence-electron chi connectivity index (χ0n) is 16.8. The summed E-state index contributed by atoms with van der Waals surface area (Å²) in [5.74, 6) is 7.72. The van der Waals surface area contributed by atoms with Crippen molar-refractivity contribution in [3.05, 3.63) is 65.7 Å². The summed E-state index contributed by atoms with van der Waals surface area (Å²) in [6, 6.07) is 14.3. The molecule has 0 aliphatic rings. The van der Waals surface area contributed by atoms with Gasteiger partial charge in [-0.3, -0.25) is 0 Å². The molecule has 0 amide bonds. The van der Waals surface area contributed by atoms with Crippen molar-refractivity contribution in [2.45, 2.75) is 37.9 Å². The van der Waals surface area contributed by atoms with Crippen molar-refractivity contribution in [1.82, 2.24) is 14.9 Å². The van der Waals surface area contributed by atoms with Gasteiger partial charge in [0.25, 0.3) is 0 Å². The van der Waals surface area contributed by atoms with E-state index in [2.05, 4.69) is 43.1 Å². The number of thioether (sulfide) groups is 1. The van der Waals surface area contributed by atoms with Crippen molar-refractivity contribution < 1.29 is 13.9 Å². The van der Waals surface area contributed by atoms with Gasteiger partial charge >= 0.3 is 0 Å². The summed E-state index contributed by atoms with van der Waals surface area (Å²) in [6.45, 7) is 7.04. The number of nitrogens with two attached hydrogens (primary N) is 1. The second-order valence-corrected chi connectivity index (χ2v) is 8.52. The molecule has 0 spiro atoms. The van der Waals surface area contributed by atoms with E-state index in [1.54, 1.807) is 18.2 Å². The molecule has 6 nitrogen and oxygen atoms in total. The number of halogens is 1. The monoisotopic (exact) mass is 416 g/mol. The fraction of sp³-hybridized carbons (Fsp3) is 0.333. The number of hydrogen-bond donors (Lipinski definition) is 1. The quantitative estimate of drug-likeness (QED) is 0.337. The maximum atomic E-state index is 13.5. The molecule has 154 valence electrons. The second-order valence-electron chi connectivity index (χ2n) is 7.46. The molecule has 0 saturated heterocycles. The Bertz CT molecular complexity index is 939. The van der Waals surface area contributed by atoms with E-state index in [1.165, 1.54) is 28.1 Å². The van der Waals surface area contributed by atoms with Gasteiger partial charge in [-0.1, -0.05) is 56.8 Å². The SMILES string of the molecule is CC(C)(C)c1ccc(OCc2nnc(SCCOc3ccccc3F)n2N)cc1. The minimum Gasteiger partial charge on any atom is -0.490 e. The Hall–Kier alpha value is -2.74. The van der Waals surface area contributed by atoms with Gasteiger partial charge in [-0.15, -0.1) is 10.2 Å². The van der Waals surface area contributed by atoms with Gasteiger partial charge in [-0.2, -0.15) is 0 Å². The van der Waals surface area contributed by atoms with Crippen LogP contribution in [0.5, 0.6) is 11.5 Å². The van der Waals surface area contributed by atoms with Crippen LogP contribution in [0.4, 0.5) is 4.39 Å². The van der Waals surface area contributed by atoms with Crippen LogP contribution in [-0.2, 0) is 12.0 Å². The van der Waals surface area contributed by atoms with Crippen molar-refractivity contribution in [2.75, 3.05) is 18.2 Å². The largest absolute Gasteiger partial charge is 0.490 e. The molecule has 3 aromatic rings. The first kappa shape index (κ1) is 21.0. The Morgan fingerprint density at radius 2 is 1.76 bits per heavy atom. The number of para-hydroxylation sites is 1. The van der Waals surface area contributed by atoms with Gasteiger partial charge in [0, 0.05) is 5.75 Å². The maximum Gasteiger partial charge on any atom is 0.210 e. The van der Waals surface area contributed by atoms with E-state index < -0.39 is 0 Å². The number of rotatable bonds is 8. The topological polar surface area (TPSA) is 75.2 Å². The van der Waals surface area contributed by atoms with Crippen LogP contribution in [-0.4, -0.2) is 27.2 Å². The van der Waals surface area contributed by atoms with Crippen LogP contribution in [0.15, 0.2) is 53.7 Å². The maximum absolute atomic E-state index is 13.5. The van der Waals surface area contributed by atoms with Crippen LogP contribution < -0.4 is 15.3 Å². The molecule has 0 atom stereocenters. The lowest BCUT2D eigenvalue weighted by atomic mass is 9.87. The van der Waals surface area contributed by atoms with Crippen LogP contribution in [0.25, 0.3) is 0 Å². The van der Waals surface area contributed by atoms with Crippen molar-refractivity contribution in [2.24, 2.45) is 0 Å². The molecule has 0 bridgehead atoms. The van der Waals surface area contributed by atoms with E-state index in [1.807, 2.05) is 12.1 Å². The minimum atomic E-state index is -0.380. The number of benzene rings is 2. The lowest BCUT2D eigenvalue weighted by molar-refractivity contribution is 0.291. The van der Waals surface area contributed by atoms with E-state index in [0.717, 1.165) is 5.75 Å². The van der Waals surface area contributed by atoms with Crippen molar-refractivity contribution in [1.29, 1.82) is 0 Å². The Balaban J connectivity index is 1.48. The molecular weight excluding hydrogens is 391 g/mol. The average molecular weight is 417 g/mol. The third-order valence-corrected chi connectivity index (χ3v) is 5.14. The molecule has 1 heterocycles. The Kier molecular flexibility index (Phi) is 6.64. The second kappa shape index (κ2) is 9.17. The fourth-order valence-corrected chi connectivity index (χ4v) is 3.24. The molecular formula is C21H25FN4O2S. The summed E-state index contributed by atoms with van der Waals surface area (Å²) in [7, 11) is 0. The molecule has 1 aromatic heterocycles. The van der Waals surface area contributed by atoms with E-state index >= 15 is 0 Å². The van der Waals surface area contributed by atoms with Gasteiger partial charge in [0.1, 0.15) is 12.4 Å². The van der Waals surface area contributed by atoms with Crippen molar-refractivity contribution >= 4 is 11.8 Å².